The highest BCUT2D eigenvalue weighted by Gasteiger charge is 2.31. The summed E-state index contributed by atoms with van der Waals surface area (Å²) in [6, 6.07) is 17.3. The predicted octanol–water partition coefficient (Wildman–Crippen LogP) is 4.07. The molecule has 0 aromatic heterocycles. The number of benzene rings is 2. The van der Waals surface area contributed by atoms with Gasteiger partial charge in [0.1, 0.15) is 17.5 Å². The lowest BCUT2D eigenvalue weighted by atomic mass is 9.92. The van der Waals surface area contributed by atoms with Crippen LogP contribution in [0.3, 0.4) is 0 Å². The van der Waals surface area contributed by atoms with E-state index in [-0.39, 0.29) is 23.1 Å². The van der Waals surface area contributed by atoms with Gasteiger partial charge in [0.15, 0.2) is 5.78 Å². The molecule has 0 saturated heterocycles. The van der Waals surface area contributed by atoms with Crippen molar-refractivity contribution in [3.05, 3.63) is 76.6 Å². The molecule has 0 aliphatic carbocycles. The van der Waals surface area contributed by atoms with Crippen LogP contribution in [0.2, 0.25) is 0 Å². The molecule has 2 aromatic carbocycles. The van der Waals surface area contributed by atoms with Gasteiger partial charge >= 0.3 is 0 Å². The zero-order valence-corrected chi connectivity index (χ0v) is 12.9. The molecule has 5 heteroatoms. The molecule has 1 atom stereocenters. The molecule has 23 heavy (non-hydrogen) atoms. The van der Waals surface area contributed by atoms with Gasteiger partial charge in [0.05, 0.1) is 10.9 Å². The number of anilines is 1. The quantitative estimate of drug-likeness (QED) is 0.924. The van der Waals surface area contributed by atoms with E-state index in [1.54, 1.807) is 12.1 Å². The van der Waals surface area contributed by atoms with Gasteiger partial charge in [-0.05, 0) is 29.8 Å². The van der Waals surface area contributed by atoms with E-state index in [2.05, 4.69) is 5.32 Å². The van der Waals surface area contributed by atoms with E-state index in [1.165, 1.54) is 23.9 Å². The van der Waals surface area contributed by atoms with E-state index in [9.17, 15) is 14.4 Å². The van der Waals surface area contributed by atoms with Crippen LogP contribution in [-0.4, -0.2) is 11.5 Å². The summed E-state index contributed by atoms with van der Waals surface area (Å²) < 4.78 is 13.0. The van der Waals surface area contributed by atoms with Crippen LogP contribution in [0.1, 0.15) is 11.5 Å². The van der Waals surface area contributed by atoms with Gasteiger partial charge in [-0.15, -0.1) is 11.8 Å². The second-order valence-corrected chi connectivity index (χ2v) is 6.12. The molecule has 0 saturated carbocycles. The number of thioether (sulfide) groups is 1. The summed E-state index contributed by atoms with van der Waals surface area (Å²) in [6.45, 7) is 0. The number of Topliss-reactive ketones (excluding diaryl/α,β-unsaturated/α-hetero) is 1. The van der Waals surface area contributed by atoms with Gasteiger partial charge in [-0.3, -0.25) is 4.79 Å². The first kappa shape index (κ1) is 15.3. The number of rotatable bonds is 3. The van der Waals surface area contributed by atoms with Crippen LogP contribution in [0.15, 0.2) is 65.2 Å². The molecule has 2 aromatic rings. The van der Waals surface area contributed by atoms with Crippen LogP contribution in [0, 0.1) is 17.1 Å². The molecular weight excluding hydrogens is 311 g/mol. The molecule has 3 rings (SSSR count). The van der Waals surface area contributed by atoms with Crippen LogP contribution in [-0.2, 0) is 4.79 Å². The van der Waals surface area contributed by atoms with Crippen molar-refractivity contribution in [3.63, 3.8) is 0 Å². The molecule has 114 valence electrons. The first-order valence-corrected chi connectivity index (χ1v) is 8.06. The number of nitrogens with zero attached hydrogens (tertiary/aromatic N) is 1. The average molecular weight is 324 g/mol. The Balaban J connectivity index is 1.88. The molecule has 1 aliphatic heterocycles. The Morgan fingerprint density at radius 2 is 1.83 bits per heavy atom. The van der Waals surface area contributed by atoms with Crippen LogP contribution < -0.4 is 5.32 Å². The summed E-state index contributed by atoms with van der Waals surface area (Å²) in [4.78, 5) is 12.6. The Morgan fingerprint density at radius 3 is 2.48 bits per heavy atom. The predicted molar refractivity (Wildman–Crippen MR) is 89.3 cm³/mol. The van der Waals surface area contributed by atoms with Crippen LogP contribution in [0.4, 0.5) is 10.1 Å². The maximum Gasteiger partial charge on any atom is 0.184 e. The molecule has 0 fully saturated rings. The van der Waals surface area contributed by atoms with Gasteiger partial charge in [0, 0.05) is 11.4 Å². The van der Waals surface area contributed by atoms with Gasteiger partial charge in [0.25, 0.3) is 0 Å². The number of hydrogen-bond acceptors (Lipinski definition) is 4. The topological polar surface area (TPSA) is 52.9 Å². The van der Waals surface area contributed by atoms with E-state index < -0.39 is 0 Å². The summed E-state index contributed by atoms with van der Waals surface area (Å²) in [6.07, 6.45) is 0. The number of nitriles is 1. The zero-order chi connectivity index (χ0) is 16.2. The number of ketones is 1. The standard InChI is InChI=1S/C18H13FN2OS/c19-13-6-8-14(9-7-13)21-18-15(10-20)17(22)16(11-23-18)12-4-2-1-3-5-12/h1-9,16,21H,11H2. The normalized spacial score (nSPS) is 17.7. The lowest BCUT2D eigenvalue weighted by Gasteiger charge is -2.23. The molecule has 1 heterocycles. The van der Waals surface area contributed by atoms with Crippen molar-refractivity contribution < 1.29 is 9.18 Å². The highest BCUT2D eigenvalue weighted by Crippen LogP contribution is 2.36. The largest absolute Gasteiger partial charge is 0.349 e. The van der Waals surface area contributed by atoms with Gasteiger partial charge in [0.2, 0.25) is 0 Å². The van der Waals surface area contributed by atoms with Gasteiger partial charge in [-0.2, -0.15) is 5.26 Å². The van der Waals surface area contributed by atoms with Gasteiger partial charge < -0.3 is 5.32 Å². The second-order valence-electron chi connectivity index (χ2n) is 5.09. The average Bonchev–Trinajstić information content (AvgIpc) is 2.58. The molecule has 1 unspecified atom stereocenters. The molecule has 0 radical (unpaired) electrons. The fourth-order valence-electron chi connectivity index (χ4n) is 2.40. The summed E-state index contributed by atoms with van der Waals surface area (Å²) in [7, 11) is 0. The molecule has 0 bridgehead atoms. The minimum Gasteiger partial charge on any atom is -0.349 e. The minimum absolute atomic E-state index is 0.124. The van der Waals surface area contributed by atoms with E-state index in [1.807, 2.05) is 36.4 Å². The Morgan fingerprint density at radius 1 is 1.13 bits per heavy atom. The number of carbonyl (C=O) groups excluding carboxylic acids is 1. The first-order chi connectivity index (χ1) is 11.2. The van der Waals surface area contributed by atoms with Gasteiger partial charge in [-0.1, -0.05) is 30.3 Å². The fourth-order valence-corrected chi connectivity index (χ4v) is 3.56. The highest BCUT2D eigenvalue weighted by atomic mass is 32.2. The number of allylic oxidation sites excluding steroid dienone is 1. The first-order valence-electron chi connectivity index (χ1n) is 7.08. The molecule has 0 amide bonds. The SMILES string of the molecule is N#CC1=C(Nc2ccc(F)cc2)SCC(c2ccccc2)C1=O. The van der Waals surface area contributed by atoms with Crippen molar-refractivity contribution in [3.8, 4) is 6.07 Å². The summed E-state index contributed by atoms with van der Waals surface area (Å²) >= 11 is 1.43. The van der Waals surface area contributed by atoms with Gasteiger partial charge in [-0.25, -0.2) is 4.39 Å². The maximum atomic E-state index is 13.0. The number of halogens is 1. The summed E-state index contributed by atoms with van der Waals surface area (Å²) in [5.41, 5.74) is 1.69. The Kier molecular flexibility index (Phi) is 4.45. The molecule has 3 nitrogen and oxygen atoms in total. The van der Waals surface area contributed by atoms with Crippen molar-refractivity contribution in [2.45, 2.75) is 5.92 Å². The van der Waals surface area contributed by atoms with Crippen molar-refractivity contribution in [1.82, 2.24) is 0 Å². The van der Waals surface area contributed by atoms with E-state index in [4.69, 9.17) is 0 Å². The lowest BCUT2D eigenvalue weighted by molar-refractivity contribution is -0.116. The van der Waals surface area contributed by atoms with Crippen molar-refractivity contribution in [2.75, 3.05) is 11.1 Å². The third-order valence-corrected chi connectivity index (χ3v) is 4.69. The smallest absolute Gasteiger partial charge is 0.184 e. The van der Waals surface area contributed by atoms with Crippen molar-refractivity contribution in [2.24, 2.45) is 0 Å². The third-order valence-electron chi connectivity index (χ3n) is 3.60. The monoisotopic (exact) mass is 324 g/mol. The number of nitrogens with one attached hydrogen (secondary N) is 1. The molecule has 0 spiro atoms. The van der Waals surface area contributed by atoms with E-state index >= 15 is 0 Å². The fraction of sp³-hybridized carbons (Fsp3) is 0.111. The summed E-state index contributed by atoms with van der Waals surface area (Å²) in [5, 5.41) is 12.9. The molecular formula is C18H13FN2OS. The van der Waals surface area contributed by atoms with Crippen molar-refractivity contribution >= 4 is 23.2 Å². The Labute approximate surface area is 137 Å². The highest BCUT2D eigenvalue weighted by molar-refractivity contribution is 8.03. The second kappa shape index (κ2) is 6.67. The number of hydrogen-bond donors (Lipinski definition) is 1. The minimum atomic E-state index is -0.332. The maximum absolute atomic E-state index is 13.0. The third kappa shape index (κ3) is 3.27. The molecule has 1 N–H and O–H groups in total. The van der Waals surface area contributed by atoms with Crippen LogP contribution in [0.5, 0.6) is 0 Å². The van der Waals surface area contributed by atoms with Crippen LogP contribution >= 0.6 is 11.8 Å². The van der Waals surface area contributed by atoms with Crippen molar-refractivity contribution in [1.29, 1.82) is 5.26 Å². The number of carbonyl (C=O) groups is 1. The summed E-state index contributed by atoms with van der Waals surface area (Å²) in [5.74, 6) is -0.254. The Bertz CT molecular complexity index is 794. The Hall–Kier alpha value is -2.58. The van der Waals surface area contributed by atoms with Crippen LogP contribution in [0.25, 0.3) is 0 Å². The zero-order valence-electron chi connectivity index (χ0n) is 12.1. The molecule has 1 aliphatic rings. The lowest BCUT2D eigenvalue weighted by Crippen LogP contribution is -2.23. The van der Waals surface area contributed by atoms with E-state index in [0.717, 1.165) is 5.56 Å². The van der Waals surface area contributed by atoms with E-state index in [0.29, 0.717) is 16.5 Å².